The largest absolute Gasteiger partial charge is 0.337 e. The molecular formula is C25H23FN6O3. The number of benzene rings is 2. The highest BCUT2D eigenvalue weighted by molar-refractivity contribution is 5.95. The molecule has 0 spiro atoms. The Hall–Kier alpha value is -4.34. The molecule has 35 heavy (non-hydrogen) atoms. The summed E-state index contributed by atoms with van der Waals surface area (Å²) in [5.74, 6) is -0.435. The summed E-state index contributed by atoms with van der Waals surface area (Å²) in [6.45, 7) is 3.83. The maximum atomic E-state index is 14.7. The van der Waals surface area contributed by atoms with Gasteiger partial charge in [-0.1, -0.05) is 17.7 Å². The predicted molar refractivity (Wildman–Crippen MR) is 129 cm³/mol. The highest BCUT2D eigenvalue weighted by Gasteiger charge is 2.25. The fraction of sp³-hybridized carbons (Fsp3) is 0.240. The Bertz CT molecular complexity index is 1520. The van der Waals surface area contributed by atoms with Crippen molar-refractivity contribution in [3.8, 4) is 0 Å². The first-order valence-corrected chi connectivity index (χ1v) is 11.2. The predicted octanol–water partition coefficient (Wildman–Crippen LogP) is 1.94. The summed E-state index contributed by atoms with van der Waals surface area (Å²) in [6, 6.07) is 11.2. The van der Waals surface area contributed by atoms with Gasteiger partial charge in [-0.05, 0) is 42.8 Å². The van der Waals surface area contributed by atoms with Crippen LogP contribution in [-0.2, 0) is 6.54 Å². The van der Waals surface area contributed by atoms with Crippen molar-refractivity contribution in [1.82, 2.24) is 24.4 Å². The Morgan fingerprint density at radius 3 is 2.51 bits per heavy atom. The molecule has 9 nitrogen and oxygen atoms in total. The second-order valence-electron chi connectivity index (χ2n) is 8.51. The highest BCUT2D eigenvalue weighted by Crippen LogP contribution is 2.18. The first-order valence-electron chi connectivity index (χ1n) is 11.2. The van der Waals surface area contributed by atoms with Gasteiger partial charge in [-0.25, -0.2) is 19.2 Å². The van der Waals surface area contributed by atoms with Crippen LogP contribution in [0.3, 0.4) is 0 Å². The summed E-state index contributed by atoms with van der Waals surface area (Å²) in [5, 5.41) is 0.392. The third-order valence-corrected chi connectivity index (χ3v) is 6.16. The molecule has 4 aromatic rings. The van der Waals surface area contributed by atoms with E-state index in [2.05, 4.69) is 15.0 Å². The number of piperazine rings is 1. The van der Waals surface area contributed by atoms with E-state index >= 15 is 0 Å². The van der Waals surface area contributed by atoms with Gasteiger partial charge in [0.1, 0.15) is 5.82 Å². The van der Waals surface area contributed by atoms with Crippen molar-refractivity contribution in [2.75, 3.05) is 31.1 Å². The minimum atomic E-state index is -0.623. The zero-order valence-corrected chi connectivity index (χ0v) is 19.1. The molecule has 1 N–H and O–H groups in total. The van der Waals surface area contributed by atoms with Gasteiger partial charge in [0.25, 0.3) is 11.5 Å². The molecule has 178 valence electrons. The van der Waals surface area contributed by atoms with Gasteiger partial charge in [-0.3, -0.25) is 19.1 Å². The zero-order chi connectivity index (χ0) is 24.5. The average molecular weight is 474 g/mol. The number of amides is 1. The molecule has 0 bridgehead atoms. The lowest BCUT2D eigenvalue weighted by atomic mass is 10.1. The van der Waals surface area contributed by atoms with E-state index in [0.717, 1.165) is 5.56 Å². The lowest BCUT2D eigenvalue weighted by Crippen LogP contribution is -2.49. The summed E-state index contributed by atoms with van der Waals surface area (Å²) in [6.07, 6.45) is 3.33. The van der Waals surface area contributed by atoms with Gasteiger partial charge in [0.15, 0.2) is 0 Å². The Morgan fingerprint density at radius 1 is 1.03 bits per heavy atom. The number of aryl methyl sites for hydroxylation is 1. The molecule has 2 aromatic heterocycles. The number of aromatic amines is 1. The lowest BCUT2D eigenvalue weighted by Gasteiger charge is -2.34. The van der Waals surface area contributed by atoms with Crippen molar-refractivity contribution in [2.24, 2.45) is 0 Å². The van der Waals surface area contributed by atoms with Gasteiger partial charge in [-0.2, -0.15) is 0 Å². The van der Waals surface area contributed by atoms with Gasteiger partial charge in [0.2, 0.25) is 5.95 Å². The fourth-order valence-electron chi connectivity index (χ4n) is 4.32. The minimum absolute atomic E-state index is 0.0514. The number of carbonyl (C=O) groups excluding carboxylic acids is 1. The number of carbonyl (C=O) groups is 1. The van der Waals surface area contributed by atoms with Crippen LogP contribution in [0.15, 0.2) is 64.4 Å². The van der Waals surface area contributed by atoms with E-state index in [4.69, 9.17) is 0 Å². The van der Waals surface area contributed by atoms with Crippen molar-refractivity contribution in [3.05, 3.63) is 98.2 Å². The van der Waals surface area contributed by atoms with Crippen LogP contribution in [0.25, 0.3) is 10.9 Å². The average Bonchev–Trinajstić information content (AvgIpc) is 2.88. The van der Waals surface area contributed by atoms with E-state index in [-0.39, 0.29) is 12.1 Å². The van der Waals surface area contributed by atoms with Gasteiger partial charge in [0, 0.05) is 38.6 Å². The van der Waals surface area contributed by atoms with Crippen LogP contribution >= 0.6 is 0 Å². The van der Waals surface area contributed by atoms with E-state index in [1.165, 1.54) is 22.8 Å². The molecule has 1 aliphatic heterocycles. The van der Waals surface area contributed by atoms with Crippen LogP contribution in [0.4, 0.5) is 10.3 Å². The molecule has 3 heterocycles. The van der Waals surface area contributed by atoms with Crippen molar-refractivity contribution >= 4 is 22.8 Å². The summed E-state index contributed by atoms with van der Waals surface area (Å²) in [5.41, 5.74) is 0.858. The van der Waals surface area contributed by atoms with E-state index in [1.54, 1.807) is 35.5 Å². The number of rotatable bonds is 4. The molecule has 0 radical (unpaired) electrons. The topological polar surface area (TPSA) is 104 Å². The second kappa shape index (κ2) is 9.13. The van der Waals surface area contributed by atoms with Gasteiger partial charge >= 0.3 is 5.69 Å². The molecule has 0 saturated carbocycles. The normalized spacial score (nSPS) is 13.9. The SMILES string of the molecule is Cc1ccc2c(c1)c(=O)[nH]c(=O)n2Cc1ccc(F)c(C(=O)N2CCN(c3ncccn3)CC2)c1. The molecule has 1 saturated heterocycles. The van der Waals surface area contributed by atoms with Gasteiger partial charge in [0.05, 0.1) is 23.0 Å². The third-order valence-electron chi connectivity index (χ3n) is 6.16. The van der Waals surface area contributed by atoms with Gasteiger partial charge < -0.3 is 9.80 Å². The van der Waals surface area contributed by atoms with E-state index in [1.807, 2.05) is 17.9 Å². The number of halogens is 1. The Balaban J connectivity index is 1.39. The zero-order valence-electron chi connectivity index (χ0n) is 19.1. The van der Waals surface area contributed by atoms with E-state index < -0.39 is 23.0 Å². The quantitative estimate of drug-likeness (QED) is 0.485. The number of H-pyrrole nitrogens is 1. The molecule has 2 aromatic carbocycles. The number of hydrogen-bond donors (Lipinski definition) is 1. The van der Waals surface area contributed by atoms with Crippen LogP contribution in [0.1, 0.15) is 21.5 Å². The maximum Gasteiger partial charge on any atom is 0.329 e. The molecule has 0 atom stereocenters. The smallest absolute Gasteiger partial charge is 0.329 e. The minimum Gasteiger partial charge on any atom is -0.337 e. The summed E-state index contributed by atoms with van der Waals surface area (Å²) in [4.78, 5) is 52.4. The third kappa shape index (κ3) is 4.42. The maximum absolute atomic E-state index is 14.7. The summed E-state index contributed by atoms with van der Waals surface area (Å²) < 4.78 is 16.1. The molecule has 0 unspecified atom stereocenters. The highest BCUT2D eigenvalue weighted by atomic mass is 19.1. The van der Waals surface area contributed by atoms with Crippen LogP contribution in [0.2, 0.25) is 0 Å². The number of fused-ring (bicyclic) bond motifs is 1. The Morgan fingerprint density at radius 2 is 1.77 bits per heavy atom. The van der Waals surface area contributed by atoms with Gasteiger partial charge in [-0.15, -0.1) is 0 Å². The monoisotopic (exact) mass is 474 g/mol. The molecule has 10 heteroatoms. The van der Waals surface area contributed by atoms with E-state index in [0.29, 0.717) is 48.6 Å². The van der Waals surface area contributed by atoms with Crippen molar-refractivity contribution in [2.45, 2.75) is 13.5 Å². The lowest BCUT2D eigenvalue weighted by molar-refractivity contribution is 0.0741. The Labute approximate surface area is 199 Å². The number of aromatic nitrogens is 4. The molecular weight excluding hydrogens is 451 g/mol. The van der Waals surface area contributed by atoms with Crippen LogP contribution < -0.4 is 16.1 Å². The van der Waals surface area contributed by atoms with Crippen molar-refractivity contribution < 1.29 is 9.18 Å². The molecule has 1 aliphatic rings. The number of hydrogen-bond acceptors (Lipinski definition) is 6. The molecule has 5 rings (SSSR count). The fourth-order valence-corrected chi connectivity index (χ4v) is 4.32. The number of anilines is 1. The first-order chi connectivity index (χ1) is 16.9. The molecule has 1 amide bonds. The number of nitrogens with one attached hydrogen (secondary N) is 1. The summed E-state index contributed by atoms with van der Waals surface area (Å²) >= 11 is 0. The Kier molecular flexibility index (Phi) is 5.86. The van der Waals surface area contributed by atoms with Crippen molar-refractivity contribution in [3.63, 3.8) is 0 Å². The standard InChI is InChI=1S/C25H23FN6O3/c1-16-3-6-21-19(13-16)22(33)29-25(35)32(21)15-17-4-5-20(26)18(14-17)23(34)30-9-11-31(12-10-30)24-27-7-2-8-28-24/h2-8,13-14H,9-12,15H2,1H3,(H,29,33,35). The summed E-state index contributed by atoms with van der Waals surface area (Å²) in [7, 11) is 0. The van der Waals surface area contributed by atoms with E-state index in [9.17, 15) is 18.8 Å². The second-order valence-corrected chi connectivity index (χ2v) is 8.51. The van der Waals surface area contributed by atoms with Crippen molar-refractivity contribution in [1.29, 1.82) is 0 Å². The molecule has 1 fully saturated rings. The molecule has 0 aliphatic carbocycles. The van der Waals surface area contributed by atoms with Crippen LogP contribution in [0, 0.1) is 12.7 Å². The first kappa shape index (κ1) is 22.5. The van der Waals surface area contributed by atoms with Crippen LogP contribution in [-0.4, -0.2) is 56.5 Å². The number of nitrogens with zero attached hydrogens (tertiary/aromatic N) is 5. The van der Waals surface area contributed by atoms with Crippen LogP contribution in [0.5, 0.6) is 0 Å².